The Bertz CT molecular complexity index is 562. The molecule has 0 aliphatic carbocycles. The topological polar surface area (TPSA) is 37.0 Å². The largest absolute Gasteiger partial charge is 0.384 e. The highest BCUT2D eigenvalue weighted by Gasteiger charge is 2.09. The third kappa shape index (κ3) is 3.14. The Labute approximate surface area is 118 Å². The number of nitrogens with one attached hydrogen (secondary N) is 2. The molecule has 1 aliphatic rings. The summed E-state index contributed by atoms with van der Waals surface area (Å²) < 4.78 is 0. The molecule has 3 rings (SSSR count). The average Bonchev–Trinajstić information content (AvgIpc) is 3.03. The standard InChI is InChI=1S/C15H19N3S/c1-11-18-14(10-19-11)5-6-16-9-12-2-3-15-13(8-12)4-7-17-15/h2-3,8,10,16-17H,4-7,9H2,1H3. The Morgan fingerprint density at radius 2 is 2.37 bits per heavy atom. The van der Waals surface area contributed by atoms with Gasteiger partial charge >= 0.3 is 0 Å². The highest BCUT2D eigenvalue weighted by atomic mass is 32.1. The van der Waals surface area contributed by atoms with Crippen LogP contribution in [0.15, 0.2) is 23.6 Å². The van der Waals surface area contributed by atoms with E-state index in [0.717, 1.165) is 37.5 Å². The van der Waals surface area contributed by atoms with Gasteiger partial charge in [-0.25, -0.2) is 4.98 Å². The quantitative estimate of drug-likeness (QED) is 0.823. The number of fused-ring (bicyclic) bond motifs is 1. The van der Waals surface area contributed by atoms with E-state index >= 15 is 0 Å². The van der Waals surface area contributed by atoms with Crippen LogP contribution >= 0.6 is 11.3 Å². The lowest BCUT2D eigenvalue weighted by atomic mass is 10.1. The Morgan fingerprint density at radius 1 is 1.42 bits per heavy atom. The van der Waals surface area contributed by atoms with Crippen LogP contribution in [0.25, 0.3) is 0 Å². The smallest absolute Gasteiger partial charge is 0.0897 e. The minimum absolute atomic E-state index is 0.941. The van der Waals surface area contributed by atoms with E-state index in [-0.39, 0.29) is 0 Å². The lowest BCUT2D eigenvalue weighted by Gasteiger charge is -2.06. The maximum atomic E-state index is 4.47. The predicted octanol–water partition coefficient (Wildman–Crippen LogP) is 2.75. The van der Waals surface area contributed by atoms with Crippen LogP contribution in [0, 0.1) is 6.92 Å². The van der Waals surface area contributed by atoms with Crippen LogP contribution in [-0.4, -0.2) is 18.1 Å². The molecule has 1 aromatic carbocycles. The van der Waals surface area contributed by atoms with Gasteiger partial charge in [-0.15, -0.1) is 11.3 Å². The second kappa shape index (κ2) is 5.72. The van der Waals surface area contributed by atoms with Crippen LogP contribution < -0.4 is 10.6 Å². The maximum absolute atomic E-state index is 4.47. The Balaban J connectivity index is 1.47. The molecule has 2 N–H and O–H groups in total. The molecule has 0 saturated carbocycles. The van der Waals surface area contributed by atoms with Crippen molar-refractivity contribution in [1.29, 1.82) is 0 Å². The molecule has 0 bridgehead atoms. The summed E-state index contributed by atoms with van der Waals surface area (Å²) >= 11 is 1.73. The molecule has 1 aromatic heterocycles. The summed E-state index contributed by atoms with van der Waals surface area (Å²) in [6, 6.07) is 6.72. The molecule has 2 aromatic rings. The summed E-state index contributed by atoms with van der Waals surface area (Å²) in [6.07, 6.45) is 2.16. The molecule has 0 saturated heterocycles. The molecular formula is C15H19N3S. The molecule has 1 aliphatic heterocycles. The molecule has 19 heavy (non-hydrogen) atoms. The van der Waals surface area contributed by atoms with Gasteiger partial charge in [-0.2, -0.15) is 0 Å². The molecule has 0 amide bonds. The minimum Gasteiger partial charge on any atom is -0.384 e. The lowest BCUT2D eigenvalue weighted by Crippen LogP contribution is -2.16. The molecular weight excluding hydrogens is 254 g/mol. The van der Waals surface area contributed by atoms with Gasteiger partial charge in [0.1, 0.15) is 0 Å². The number of hydrogen-bond donors (Lipinski definition) is 2. The fraction of sp³-hybridized carbons (Fsp3) is 0.400. The van der Waals surface area contributed by atoms with Crippen molar-refractivity contribution in [3.63, 3.8) is 0 Å². The highest BCUT2D eigenvalue weighted by molar-refractivity contribution is 7.09. The SMILES string of the molecule is Cc1nc(CCNCc2ccc3c(c2)CCN3)cs1. The van der Waals surface area contributed by atoms with Crippen LogP contribution in [0.5, 0.6) is 0 Å². The average molecular weight is 273 g/mol. The van der Waals surface area contributed by atoms with Gasteiger partial charge in [-0.05, 0) is 30.5 Å². The molecule has 3 nitrogen and oxygen atoms in total. The fourth-order valence-electron chi connectivity index (χ4n) is 2.44. The normalized spacial score (nSPS) is 13.3. The molecule has 0 unspecified atom stereocenters. The van der Waals surface area contributed by atoms with Gasteiger partial charge < -0.3 is 10.6 Å². The van der Waals surface area contributed by atoms with E-state index in [9.17, 15) is 0 Å². The summed E-state index contributed by atoms with van der Waals surface area (Å²) in [5.74, 6) is 0. The van der Waals surface area contributed by atoms with Crippen molar-refractivity contribution in [2.75, 3.05) is 18.4 Å². The summed E-state index contributed by atoms with van der Waals surface area (Å²) in [5.41, 5.74) is 5.33. The van der Waals surface area contributed by atoms with Gasteiger partial charge in [0.2, 0.25) is 0 Å². The molecule has 0 radical (unpaired) electrons. The molecule has 0 fully saturated rings. The predicted molar refractivity (Wildman–Crippen MR) is 80.9 cm³/mol. The Hall–Kier alpha value is -1.39. The number of rotatable bonds is 5. The summed E-state index contributed by atoms with van der Waals surface area (Å²) in [6.45, 7) is 5.06. The van der Waals surface area contributed by atoms with Crippen molar-refractivity contribution in [2.24, 2.45) is 0 Å². The van der Waals surface area contributed by atoms with Gasteiger partial charge in [0.25, 0.3) is 0 Å². The van der Waals surface area contributed by atoms with Crippen molar-refractivity contribution >= 4 is 17.0 Å². The molecule has 0 atom stereocenters. The van der Waals surface area contributed by atoms with Crippen LogP contribution in [0.2, 0.25) is 0 Å². The third-order valence-electron chi connectivity index (χ3n) is 3.43. The number of aryl methyl sites for hydroxylation is 1. The number of hydrogen-bond acceptors (Lipinski definition) is 4. The zero-order chi connectivity index (χ0) is 13.1. The van der Waals surface area contributed by atoms with E-state index in [1.165, 1.54) is 22.5 Å². The number of thiazole rings is 1. The Kier molecular flexibility index (Phi) is 3.80. The maximum Gasteiger partial charge on any atom is 0.0897 e. The monoisotopic (exact) mass is 273 g/mol. The minimum atomic E-state index is 0.941. The number of anilines is 1. The number of aromatic nitrogens is 1. The zero-order valence-electron chi connectivity index (χ0n) is 11.2. The fourth-order valence-corrected chi connectivity index (χ4v) is 3.09. The molecule has 100 valence electrons. The first-order chi connectivity index (χ1) is 9.31. The molecule has 2 heterocycles. The first-order valence-electron chi connectivity index (χ1n) is 6.79. The summed E-state index contributed by atoms with van der Waals surface area (Å²) in [4.78, 5) is 4.47. The first-order valence-corrected chi connectivity index (χ1v) is 7.66. The van der Waals surface area contributed by atoms with Gasteiger partial charge in [0.15, 0.2) is 0 Å². The van der Waals surface area contributed by atoms with Gasteiger partial charge in [0.05, 0.1) is 10.7 Å². The zero-order valence-corrected chi connectivity index (χ0v) is 12.0. The van der Waals surface area contributed by atoms with Crippen molar-refractivity contribution in [3.05, 3.63) is 45.4 Å². The summed E-state index contributed by atoms with van der Waals surface area (Å²) in [7, 11) is 0. The first kappa shape index (κ1) is 12.6. The lowest BCUT2D eigenvalue weighted by molar-refractivity contribution is 0.680. The van der Waals surface area contributed by atoms with Gasteiger partial charge in [-0.3, -0.25) is 0 Å². The van der Waals surface area contributed by atoms with E-state index in [1.807, 2.05) is 0 Å². The van der Waals surface area contributed by atoms with Crippen LogP contribution in [0.3, 0.4) is 0 Å². The van der Waals surface area contributed by atoms with E-state index in [4.69, 9.17) is 0 Å². The second-order valence-electron chi connectivity index (χ2n) is 4.95. The second-order valence-corrected chi connectivity index (χ2v) is 6.02. The highest BCUT2D eigenvalue weighted by Crippen LogP contribution is 2.22. The third-order valence-corrected chi connectivity index (χ3v) is 4.26. The molecule has 0 spiro atoms. The van der Waals surface area contributed by atoms with Gasteiger partial charge in [0, 0.05) is 37.1 Å². The van der Waals surface area contributed by atoms with Crippen molar-refractivity contribution < 1.29 is 0 Å². The van der Waals surface area contributed by atoms with E-state index in [1.54, 1.807) is 11.3 Å². The Morgan fingerprint density at radius 3 is 3.21 bits per heavy atom. The number of benzene rings is 1. The van der Waals surface area contributed by atoms with Crippen molar-refractivity contribution in [2.45, 2.75) is 26.3 Å². The van der Waals surface area contributed by atoms with E-state index in [2.05, 4.69) is 46.1 Å². The van der Waals surface area contributed by atoms with Crippen molar-refractivity contribution in [3.8, 4) is 0 Å². The summed E-state index contributed by atoms with van der Waals surface area (Å²) in [5, 5.41) is 10.2. The van der Waals surface area contributed by atoms with Crippen LogP contribution in [-0.2, 0) is 19.4 Å². The molecule has 4 heteroatoms. The van der Waals surface area contributed by atoms with Gasteiger partial charge in [-0.1, -0.05) is 12.1 Å². The van der Waals surface area contributed by atoms with E-state index in [0.29, 0.717) is 0 Å². The van der Waals surface area contributed by atoms with E-state index < -0.39 is 0 Å². The number of nitrogens with zero attached hydrogens (tertiary/aromatic N) is 1. The van der Waals surface area contributed by atoms with Crippen LogP contribution in [0.4, 0.5) is 5.69 Å². The van der Waals surface area contributed by atoms with Crippen LogP contribution in [0.1, 0.15) is 21.8 Å². The van der Waals surface area contributed by atoms with Crippen molar-refractivity contribution in [1.82, 2.24) is 10.3 Å².